The summed E-state index contributed by atoms with van der Waals surface area (Å²) in [6.07, 6.45) is 1.92. The Kier molecular flexibility index (Phi) is 8.79. The molecule has 0 spiro atoms. The molecular formula is C39H37FN6O3. The Morgan fingerprint density at radius 1 is 0.837 bits per heavy atom. The van der Waals surface area contributed by atoms with Gasteiger partial charge in [-0.25, -0.2) is 19.2 Å². The first kappa shape index (κ1) is 32.0. The molecule has 2 N–H and O–H groups in total. The minimum Gasteiger partial charge on any atom is -0.443 e. The van der Waals surface area contributed by atoms with Gasteiger partial charge in [-0.3, -0.25) is 14.6 Å². The molecule has 2 saturated heterocycles. The monoisotopic (exact) mass is 656 g/mol. The maximum atomic E-state index is 15.4. The van der Waals surface area contributed by atoms with Gasteiger partial charge in [0.25, 0.3) is 0 Å². The molecule has 2 amide bonds. The maximum Gasteiger partial charge on any atom is 0.414 e. The van der Waals surface area contributed by atoms with Crippen LogP contribution in [0.4, 0.5) is 20.8 Å². The first-order valence-electron chi connectivity index (χ1n) is 16.4. The van der Waals surface area contributed by atoms with Crippen molar-refractivity contribution < 1.29 is 18.7 Å². The summed E-state index contributed by atoms with van der Waals surface area (Å²) >= 11 is 0. The van der Waals surface area contributed by atoms with Crippen molar-refractivity contribution in [3.8, 4) is 11.1 Å². The lowest BCUT2D eigenvalue weighted by Crippen LogP contribution is -2.57. The van der Waals surface area contributed by atoms with Gasteiger partial charge >= 0.3 is 6.09 Å². The lowest BCUT2D eigenvalue weighted by molar-refractivity contribution is -0.123. The zero-order valence-corrected chi connectivity index (χ0v) is 27.2. The third-order valence-electron chi connectivity index (χ3n) is 9.67. The molecule has 0 bridgehead atoms. The third-order valence-corrected chi connectivity index (χ3v) is 9.67. The van der Waals surface area contributed by atoms with Crippen molar-refractivity contribution >= 4 is 23.6 Å². The Labute approximate surface area is 284 Å². The van der Waals surface area contributed by atoms with Gasteiger partial charge in [-0.05, 0) is 41.8 Å². The molecule has 10 heteroatoms. The van der Waals surface area contributed by atoms with Crippen LogP contribution in [0, 0.1) is 11.7 Å². The summed E-state index contributed by atoms with van der Waals surface area (Å²) < 4.78 is 20.7. The summed E-state index contributed by atoms with van der Waals surface area (Å²) in [5.74, 6) is -1.16. The molecule has 0 saturated carbocycles. The number of carbonyl (C=O) groups is 2. The summed E-state index contributed by atoms with van der Waals surface area (Å²) in [4.78, 5) is 39.3. The van der Waals surface area contributed by atoms with Crippen molar-refractivity contribution in [3.63, 3.8) is 0 Å². The number of halogens is 1. The quantitative estimate of drug-likeness (QED) is 0.199. The molecule has 0 aliphatic carbocycles. The highest BCUT2D eigenvalue weighted by atomic mass is 19.1. The summed E-state index contributed by atoms with van der Waals surface area (Å²) in [5.41, 5.74) is 9.67. The Morgan fingerprint density at radius 3 is 1.86 bits per heavy atom. The molecule has 2 aliphatic heterocycles. The Bertz CT molecular complexity index is 1820. The van der Waals surface area contributed by atoms with Crippen molar-refractivity contribution in [2.24, 2.45) is 11.7 Å². The maximum absolute atomic E-state index is 15.4. The standard InChI is InChI=1S/C39H37FN6O3/c1-27(36(41)47)35-26-46(38(48)49-35)32-17-18-33(34(40)23-32)28-24-42-37(43-25-28)44-19-21-45(22-20-44)39(29-11-5-2-6-12-29,30-13-7-3-8-14-30)31-15-9-4-10-16-31/h2-18,23-25,27,35H,19-22,26H2,1H3,(H2,41,47)/t27-,35?/m0/s1. The Balaban J connectivity index is 1.09. The summed E-state index contributed by atoms with van der Waals surface area (Å²) in [6, 6.07) is 36.5. The number of ether oxygens (including phenoxy) is 1. The van der Waals surface area contributed by atoms with E-state index in [1.807, 2.05) is 0 Å². The third kappa shape index (κ3) is 6.00. The van der Waals surface area contributed by atoms with Crippen molar-refractivity contribution in [1.82, 2.24) is 14.9 Å². The SMILES string of the molecule is C[C@H](C(N)=O)C1CN(c2ccc(-c3cnc(N4CCN(C(c5ccccc5)(c5ccccc5)c5ccccc5)CC4)nc3)c(F)c2)C(=O)O1. The topological polar surface area (TPSA) is 105 Å². The van der Waals surface area contributed by atoms with Crippen LogP contribution in [0.5, 0.6) is 0 Å². The van der Waals surface area contributed by atoms with E-state index in [0.29, 0.717) is 35.9 Å². The molecule has 7 rings (SSSR count). The molecule has 248 valence electrons. The zero-order valence-electron chi connectivity index (χ0n) is 27.2. The van der Waals surface area contributed by atoms with Gasteiger partial charge in [0.05, 0.1) is 23.7 Å². The van der Waals surface area contributed by atoms with Gasteiger partial charge in [0.2, 0.25) is 11.9 Å². The van der Waals surface area contributed by atoms with E-state index in [9.17, 15) is 9.59 Å². The van der Waals surface area contributed by atoms with Gasteiger partial charge in [-0.1, -0.05) is 91.0 Å². The number of piperazine rings is 1. The Hall–Kier alpha value is -5.61. The fourth-order valence-electron chi connectivity index (χ4n) is 7.00. The van der Waals surface area contributed by atoms with E-state index in [1.165, 1.54) is 27.7 Å². The lowest BCUT2D eigenvalue weighted by atomic mass is 9.75. The highest BCUT2D eigenvalue weighted by molar-refractivity contribution is 5.91. The van der Waals surface area contributed by atoms with Crippen molar-refractivity contribution in [1.29, 1.82) is 0 Å². The van der Waals surface area contributed by atoms with E-state index in [0.717, 1.165) is 13.1 Å². The predicted octanol–water partition coefficient (Wildman–Crippen LogP) is 5.84. The van der Waals surface area contributed by atoms with Crippen LogP contribution in [-0.4, -0.2) is 65.7 Å². The van der Waals surface area contributed by atoms with E-state index in [2.05, 4.69) is 111 Å². The smallest absolute Gasteiger partial charge is 0.414 e. The van der Waals surface area contributed by atoms with Gasteiger partial charge in [-0.2, -0.15) is 0 Å². The second kappa shape index (κ2) is 13.5. The number of anilines is 2. The van der Waals surface area contributed by atoms with Crippen LogP contribution in [0.25, 0.3) is 11.1 Å². The fraction of sp³-hybridized carbons (Fsp3) is 0.231. The van der Waals surface area contributed by atoms with E-state index in [1.54, 1.807) is 31.5 Å². The van der Waals surface area contributed by atoms with Crippen molar-refractivity contribution in [3.05, 3.63) is 144 Å². The van der Waals surface area contributed by atoms with Crippen LogP contribution >= 0.6 is 0 Å². The van der Waals surface area contributed by atoms with Gasteiger partial charge in [-0.15, -0.1) is 0 Å². The molecule has 0 radical (unpaired) electrons. The zero-order chi connectivity index (χ0) is 34.0. The van der Waals surface area contributed by atoms with Crippen molar-refractivity contribution in [2.45, 2.75) is 18.6 Å². The normalized spacial score (nSPS) is 17.5. The first-order valence-corrected chi connectivity index (χ1v) is 16.4. The molecule has 3 heterocycles. The summed E-state index contributed by atoms with van der Waals surface area (Å²) in [7, 11) is 0. The number of hydrogen-bond donors (Lipinski definition) is 1. The van der Waals surface area contributed by atoms with Gasteiger partial charge in [0.1, 0.15) is 11.9 Å². The molecule has 9 nitrogen and oxygen atoms in total. The average Bonchev–Trinajstić information content (AvgIpc) is 3.54. The van der Waals surface area contributed by atoms with Gasteiger partial charge in [0.15, 0.2) is 0 Å². The van der Waals surface area contributed by atoms with Crippen LogP contribution in [0.2, 0.25) is 0 Å². The number of amides is 2. The summed E-state index contributed by atoms with van der Waals surface area (Å²) in [5, 5.41) is 0. The molecular weight excluding hydrogens is 619 g/mol. The highest BCUT2D eigenvalue weighted by Crippen LogP contribution is 2.43. The van der Waals surface area contributed by atoms with Gasteiger partial charge in [0, 0.05) is 49.7 Å². The number of benzene rings is 4. The minimum absolute atomic E-state index is 0.107. The van der Waals surface area contributed by atoms with Crippen LogP contribution < -0.4 is 15.5 Å². The average molecular weight is 657 g/mol. The molecule has 2 atom stereocenters. The fourth-order valence-corrected chi connectivity index (χ4v) is 7.00. The molecule has 1 unspecified atom stereocenters. The minimum atomic E-state index is -0.693. The molecule has 49 heavy (non-hydrogen) atoms. The van der Waals surface area contributed by atoms with E-state index >= 15 is 4.39 Å². The number of cyclic esters (lactones) is 1. The molecule has 1 aromatic heterocycles. The predicted molar refractivity (Wildman–Crippen MR) is 186 cm³/mol. The number of nitrogens with two attached hydrogens (primary N) is 1. The largest absolute Gasteiger partial charge is 0.443 e. The molecule has 4 aromatic carbocycles. The second-order valence-corrected chi connectivity index (χ2v) is 12.4. The van der Waals surface area contributed by atoms with E-state index < -0.39 is 35.4 Å². The van der Waals surface area contributed by atoms with Crippen LogP contribution in [0.15, 0.2) is 122 Å². The van der Waals surface area contributed by atoms with Crippen molar-refractivity contribution in [2.75, 3.05) is 42.5 Å². The summed E-state index contributed by atoms with van der Waals surface area (Å²) in [6.45, 7) is 4.64. The molecule has 5 aromatic rings. The van der Waals surface area contributed by atoms with Gasteiger partial charge < -0.3 is 15.4 Å². The number of primary amides is 1. The number of carbonyl (C=O) groups excluding carboxylic acids is 2. The van der Waals surface area contributed by atoms with Crippen LogP contribution in [-0.2, 0) is 15.1 Å². The van der Waals surface area contributed by atoms with Crippen LogP contribution in [0.3, 0.4) is 0 Å². The molecule has 2 aliphatic rings. The number of nitrogens with zero attached hydrogens (tertiary/aromatic N) is 5. The Morgan fingerprint density at radius 2 is 1.37 bits per heavy atom. The number of hydrogen-bond acceptors (Lipinski definition) is 7. The first-order chi connectivity index (χ1) is 23.9. The number of aromatic nitrogens is 2. The van der Waals surface area contributed by atoms with E-state index in [4.69, 9.17) is 10.5 Å². The van der Waals surface area contributed by atoms with Crippen LogP contribution in [0.1, 0.15) is 23.6 Å². The lowest BCUT2D eigenvalue weighted by Gasteiger charge is -2.49. The van der Waals surface area contributed by atoms with E-state index in [-0.39, 0.29) is 6.54 Å². The highest BCUT2D eigenvalue weighted by Gasteiger charge is 2.43. The molecule has 2 fully saturated rings. The second-order valence-electron chi connectivity index (χ2n) is 12.4. The number of rotatable bonds is 9.